The second-order valence-electron chi connectivity index (χ2n) is 4.43. The second kappa shape index (κ2) is 8.84. The van der Waals surface area contributed by atoms with Crippen molar-refractivity contribution in [3.63, 3.8) is 0 Å². The molecule has 110 valence electrons. The third-order valence-corrected chi connectivity index (χ3v) is 2.87. The molecule has 1 aliphatic rings. The van der Waals surface area contributed by atoms with E-state index in [4.69, 9.17) is 4.65 Å². The van der Waals surface area contributed by atoms with Crippen molar-refractivity contribution in [2.24, 2.45) is 0 Å². The van der Waals surface area contributed by atoms with Crippen molar-refractivity contribution < 1.29 is 97.2 Å². The molecule has 11 heteroatoms. The zero-order valence-electron chi connectivity index (χ0n) is 12.2. The van der Waals surface area contributed by atoms with Crippen molar-refractivity contribution in [1.82, 2.24) is 0 Å². The summed E-state index contributed by atoms with van der Waals surface area (Å²) in [4.78, 5) is 11.1. The molecule has 0 unspecified atom stereocenters. The Morgan fingerprint density at radius 2 is 2.05 bits per heavy atom. The van der Waals surface area contributed by atoms with Gasteiger partial charge in [0.15, 0.2) is 0 Å². The Morgan fingerprint density at radius 3 is 2.59 bits per heavy atom. The van der Waals surface area contributed by atoms with E-state index in [1.54, 1.807) is 0 Å². The number of alkyl halides is 2. The summed E-state index contributed by atoms with van der Waals surface area (Å²) < 4.78 is 33.8. The molecule has 0 amide bonds. The SMILES string of the molecule is O=C([O-])c1c(OCC(F)F)ccc2c1O[B-](O)(O)CC2.[Na+].[Na+]. The van der Waals surface area contributed by atoms with Crippen molar-refractivity contribution in [3.8, 4) is 11.5 Å². The Bertz CT molecular complexity index is 544. The van der Waals surface area contributed by atoms with Crippen LogP contribution in [0.25, 0.3) is 0 Å². The zero-order chi connectivity index (χ0) is 14.9. The van der Waals surface area contributed by atoms with Gasteiger partial charge in [0.25, 0.3) is 6.43 Å². The van der Waals surface area contributed by atoms with Crippen LogP contribution in [0.1, 0.15) is 15.9 Å². The van der Waals surface area contributed by atoms with E-state index in [2.05, 4.69) is 4.74 Å². The summed E-state index contributed by atoms with van der Waals surface area (Å²) in [5, 5.41) is 30.1. The minimum absolute atomic E-state index is 0. The molecule has 0 saturated heterocycles. The molecule has 2 rings (SSSR count). The van der Waals surface area contributed by atoms with E-state index in [0.29, 0.717) is 5.56 Å². The number of hydrogen-bond acceptors (Lipinski definition) is 6. The number of hydrogen-bond donors (Lipinski definition) is 2. The van der Waals surface area contributed by atoms with E-state index < -0.39 is 31.3 Å². The van der Waals surface area contributed by atoms with E-state index >= 15 is 0 Å². The van der Waals surface area contributed by atoms with Gasteiger partial charge in [-0.1, -0.05) is 12.4 Å². The van der Waals surface area contributed by atoms with Crippen molar-refractivity contribution >= 4 is 12.7 Å². The van der Waals surface area contributed by atoms with E-state index in [9.17, 15) is 28.7 Å². The maximum absolute atomic E-state index is 12.1. The van der Waals surface area contributed by atoms with Gasteiger partial charge in [0, 0.05) is 0 Å². The van der Waals surface area contributed by atoms with Gasteiger partial charge in [0.2, 0.25) is 0 Å². The topological polar surface area (TPSA) is 99.1 Å². The monoisotopic (exact) mass is 334 g/mol. The molecule has 0 aliphatic carbocycles. The Labute approximate surface area is 169 Å². The second-order valence-corrected chi connectivity index (χ2v) is 4.43. The van der Waals surface area contributed by atoms with Gasteiger partial charge < -0.3 is 29.3 Å². The maximum Gasteiger partial charge on any atom is 1.00 e. The Morgan fingerprint density at radius 1 is 1.41 bits per heavy atom. The number of aromatic carboxylic acids is 1. The van der Waals surface area contributed by atoms with Crippen LogP contribution in [0.5, 0.6) is 11.5 Å². The van der Waals surface area contributed by atoms with Gasteiger partial charge >= 0.3 is 65.9 Å². The number of carboxylic acid groups (broad SMARTS) is 1. The van der Waals surface area contributed by atoms with Crippen molar-refractivity contribution in [2.45, 2.75) is 19.2 Å². The molecule has 6 nitrogen and oxygen atoms in total. The summed E-state index contributed by atoms with van der Waals surface area (Å²) in [5.74, 6) is -2.38. The molecular formula is C11H11BF2Na2O6. The normalized spacial score (nSPS) is 15.0. The first-order valence-corrected chi connectivity index (χ1v) is 5.87. The van der Waals surface area contributed by atoms with Gasteiger partial charge in [-0.2, -0.15) is 0 Å². The standard InChI is InChI=1S/C11H12BF2O6.2Na/c13-8(14)5-19-7-2-1-6-3-4-12(17,18)20-10(6)9(7)11(15)16;;/h1-2,8,17-18H,3-5H2,(H,15,16);;/q-1;2*+1/p-1. The molecule has 0 atom stereocenters. The summed E-state index contributed by atoms with van der Waals surface area (Å²) in [7, 11) is 0. The first-order valence-electron chi connectivity index (χ1n) is 5.87. The smallest absolute Gasteiger partial charge is 0.669 e. The molecule has 1 aromatic rings. The number of carboxylic acids is 1. The van der Waals surface area contributed by atoms with E-state index in [1.165, 1.54) is 12.1 Å². The zero-order valence-corrected chi connectivity index (χ0v) is 16.2. The molecule has 22 heavy (non-hydrogen) atoms. The molecule has 0 fully saturated rings. The summed E-state index contributed by atoms with van der Waals surface area (Å²) in [6.45, 7) is -4.17. The van der Waals surface area contributed by atoms with Gasteiger partial charge in [0.1, 0.15) is 12.4 Å². The summed E-state index contributed by atoms with van der Waals surface area (Å²) >= 11 is 0. The van der Waals surface area contributed by atoms with Crippen LogP contribution in [-0.4, -0.2) is 35.8 Å². The predicted octanol–water partition coefficient (Wildman–Crippen LogP) is -6.44. The number of fused-ring (bicyclic) bond motifs is 1. The average molecular weight is 334 g/mol. The van der Waals surface area contributed by atoms with E-state index in [0.717, 1.165) is 0 Å². The van der Waals surface area contributed by atoms with Crippen LogP contribution in [0.3, 0.4) is 0 Å². The fraction of sp³-hybridized carbons (Fsp3) is 0.364. The maximum atomic E-state index is 12.1. The van der Waals surface area contributed by atoms with Crippen LogP contribution < -0.4 is 73.6 Å². The molecule has 0 spiro atoms. The number of benzene rings is 1. The molecule has 1 aliphatic heterocycles. The van der Waals surface area contributed by atoms with Gasteiger partial charge in [-0.05, 0) is 18.1 Å². The molecule has 0 radical (unpaired) electrons. The summed E-state index contributed by atoms with van der Waals surface area (Å²) in [6, 6.07) is 2.64. The minimum Gasteiger partial charge on any atom is -0.669 e. The minimum atomic E-state index is -3.18. The van der Waals surface area contributed by atoms with Gasteiger partial charge in [-0.25, -0.2) is 8.78 Å². The van der Waals surface area contributed by atoms with Crippen LogP contribution in [0.2, 0.25) is 6.32 Å². The Kier molecular flexibility index (Phi) is 8.89. The van der Waals surface area contributed by atoms with Crippen LogP contribution in [0.4, 0.5) is 8.78 Å². The summed E-state index contributed by atoms with van der Waals surface area (Å²) in [5.41, 5.74) is -0.189. The average Bonchev–Trinajstić information content (AvgIpc) is 2.33. The molecule has 2 N–H and O–H groups in total. The number of rotatable bonds is 4. The predicted molar refractivity (Wildman–Crippen MR) is 61.6 cm³/mol. The number of aryl methyl sites for hydroxylation is 1. The quantitative estimate of drug-likeness (QED) is 0.532. The van der Waals surface area contributed by atoms with Crippen molar-refractivity contribution in [2.75, 3.05) is 6.61 Å². The van der Waals surface area contributed by atoms with Crippen molar-refractivity contribution in [1.29, 1.82) is 0 Å². The number of carbonyl (C=O) groups excluding carboxylic acids is 1. The van der Waals surface area contributed by atoms with E-state index in [-0.39, 0.29) is 83.4 Å². The molecule has 0 aromatic heterocycles. The van der Waals surface area contributed by atoms with E-state index in [1.807, 2.05) is 0 Å². The molecule has 0 bridgehead atoms. The first-order chi connectivity index (χ1) is 9.30. The first kappa shape index (κ1) is 22.1. The van der Waals surface area contributed by atoms with Crippen LogP contribution in [0, 0.1) is 0 Å². The Balaban J connectivity index is 0.00000220. The van der Waals surface area contributed by atoms with Gasteiger partial charge in [-0.15, -0.1) is 0 Å². The summed E-state index contributed by atoms with van der Waals surface area (Å²) in [6.07, 6.45) is -2.69. The molecule has 1 aromatic carbocycles. The van der Waals surface area contributed by atoms with Crippen LogP contribution in [0.15, 0.2) is 12.1 Å². The third-order valence-electron chi connectivity index (χ3n) is 2.87. The number of ether oxygens (including phenoxy) is 1. The van der Waals surface area contributed by atoms with Crippen molar-refractivity contribution in [3.05, 3.63) is 23.3 Å². The van der Waals surface area contributed by atoms with Gasteiger partial charge in [-0.3, -0.25) is 0 Å². The third kappa shape index (κ3) is 5.35. The fourth-order valence-electron chi connectivity index (χ4n) is 2.00. The molecule has 0 saturated carbocycles. The Hall–Kier alpha value is 0.135. The number of halogens is 2. The largest absolute Gasteiger partial charge is 1.00 e. The molecular weight excluding hydrogens is 323 g/mol. The van der Waals surface area contributed by atoms with Crippen LogP contribution in [-0.2, 0) is 6.42 Å². The van der Waals surface area contributed by atoms with Gasteiger partial charge in [0.05, 0.1) is 17.3 Å². The number of carbonyl (C=O) groups is 1. The fourth-order valence-corrected chi connectivity index (χ4v) is 2.00. The van der Waals surface area contributed by atoms with Crippen LogP contribution >= 0.6 is 0 Å². The molecule has 1 heterocycles.